The number of anilines is 1. The number of carbonyl (C=O) groups excluding carboxylic acids is 1. The maximum atomic E-state index is 11.7. The van der Waals surface area contributed by atoms with Crippen molar-refractivity contribution in [2.24, 2.45) is 5.92 Å². The molecule has 0 bridgehead atoms. The third-order valence-electron chi connectivity index (χ3n) is 3.12. The first kappa shape index (κ1) is 15.0. The van der Waals surface area contributed by atoms with E-state index in [2.05, 4.69) is 24.5 Å². The van der Waals surface area contributed by atoms with E-state index in [9.17, 15) is 9.59 Å². The average molecular weight is 264 g/mol. The molecule has 104 valence electrons. The fourth-order valence-corrected chi connectivity index (χ4v) is 1.58. The van der Waals surface area contributed by atoms with E-state index in [-0.39, 0.29) is 11.6 Å². The zero-order chi connectivity index (χ0) is 14.4. The molecule has 0 aromatic heterocycles. The molecule has 0 aliphatic rings. The molecule has 2 amide bonds. The fourth-order valence-electron chi connectivity index (χ4n) is 1.58. The number of carboxylic acid groups (broad SMARTS) is 1. The number of carbonyl (C=O) groups is 2. The summed E-state index contributed by atoms with van der Waals surface area (Å²) in [5.41, 5.74) is 1.26. The Morgan fingerprint density at radius 2 is 2.05 bits per heavy atom. The average Bonchev–Trinajstić information content (AvgIpc) is 2.38. The van der Waals surface area contributed by atoms with Gasteiger partial charge in [0.25, 0.3) is 0 Å². The normalized spacial score (nSPS) is 11.7. The first-order valence-corrected chi connectivity index (χ1v) is 6.33. The van der Waals surface area contributed by atoms with Crippen LogP contribution < -0.4 is 10.6 Å². The van der Waals surface area contributed by atoms with Crippen LogP contribution in [0.4, 0.5) is 10.5 Å². The van der Waals surface area contributed by atoms with Crippen molar-refractivity contribution in [3.8, 4) is 0 Å². The molecule has 0 radical (unpaired) electrons. The molecule has 1 aromatic carbocycles. The van der Waals surface area contributed by atoms with E-state index in [1.54, 1.807) is 19.1 Å². The van der Waals surface area contributed by atoms with Crippen molar-refractivity contribution >= 4 is 17.7 Å². The van der Waals surface area contributed by atoms with Crippen LogP contribution in [0.5, 0.6) is 0 Å². The molecule has 19 heavy (non-hydrogen) atoms. The number of nitrogens with one attached hydrogen (secondary N) is 2. The Morgan fingerprint density at radius 1 is 1.37 bits per heavy atom. The SMILES string of the molecule is CCC(C)CNC(=O)Nc1cccc(C(=O)O)c1C. The minimum absolute atomic E-state index is 0.194. The highest BCUT2D eigenvalue weighted by Gasteiger charge is 2.12. The highest BCUT2D eigenvalue weighted by Crippen LogP contribution is 2.18. The number of amides is 2. The number of hydrogen-bond donors (Lipinski definition) is 3. The van der Waals surface area contributed by atoms with Crippen LogP contribution >= 0.6 is 0 Å². The van der Waals surface area contributed by atoms with E-state index in [0.29, 0.717) is 23.7 Å². The standard InChI is InChI=1S/C14H20N2O3/c1-4-9(2)8-15-14(19)16-12-7-5-6-11(10(12)3)13(17)18/h5-7,9H,4,8H2,1-3H3,(H,17,18)(H2,15,16,19). The summed E-state index contributed by atoms with van der Waals surface area (Å²) < 4.78 is 0. The number of urea groups is 1. The molecule has 0 saturated heterocycles. The molecule has 3 N–H and O–H groups in total. The quantitative estimate of drug-likeness (QED) is 0.765. The van der Waals surface area contributed by atoms with E-state index in [1.165, 1.54) is 6.07 Å². The summed E-state index contributed by atoms with van der Waals surface area (Å²) in [7, 11) is 0. The zero-order valence-corrected chi connectivity index (χ0v) is 11.5. The van der Waals surface area contributed by atoms with Gasteiger partial charge in [-0.05, 0) is 30.5 Å². The van der Waals surface area contributed by atoms with Crippen molar-refractivity contribution in [2.75, 3.05) is 11.9 Å². The second kappa shape index (κ2) is 6.78. The van der Waals surface area contributed by atoms with Gasteiger partial charge in [0.05, 0.1) is 5.56 Å². The van der Waals surface area contributed by atoms with Crippen LogP contribution in [-0.2, 0) is 0 Å². The molecule has 5 nitrogen and oxygen atoms in total. The van der Waals surface area contributed by atoms with E-state index in [1.807, 2.05) is 0 Å². The van der Waals surface area contributed by atoms with Crippen LogP contribution in [0, 0.1) is 12.8 Å². The highest BCUT2D eigenvalue weighted by atomic mass is 16.4. The first-order valence-electron chi connectivity index (χ1n) is 6.33. The second-order valence-electron chi connectivity index (χ2n) is 4.63. The minimum Gasteiger partial charge on any atom is -0.478 e. The van der Waals surface area contributed by atoms with Gasteiger partial charge in [0.15, 0.2) is 0 Å². The number of hydrogen-bond acceptors (Lipinski definition) is 2. The third kappa shape index (κ3) is 4.28. The van der Waals surface area contributed by atoms with Gasteiger partial charge in [-0.1, -0.05) is 26.3 Å². The Bertz CT molecular complexity index is 472. The molecule has 0 heterocycles. The molecule has 1 rings (SSSR count). The maximum absolute atomic E-state index is 11.7. The van der Waals surface area contributed by atoms with E-state index in [4.69, 9.17) is 5.11 Å². The monoisotopic (exact) mass is 264 g/mol. The Hall–Kier alpha value is -2.04. The van der Waals surface area contributed by atoms with Gasteiger partial charge in [-0.15, -0.1) is 0 Å². The molecule has 5 heteroatoms. The van der Waals surface area contributed by atoms with E-state index in [0.717, 1.165) is 6.42 Å². The lowest BCUT2D eigenvalue weighted by Gasteiger charge is -2.13. The molecule has 0 aliphatic heterocycles. The van der Waals surface area contributed by atoms with Gasteiger partial charge in [0, 0.05) is 12.2 Å². The van der Waals surface area contributed by atoms with Crippen molar-refractivity contribution in [3.63, 3.8) is 0 Å². The van der Waals surface area contributed by atoms with Gasteiger partial charge in [-0.3, -0.25) is 0 Å². The van der Waals surface area contributed by atoms with Crippen LogP contribution in [0.2, 0.25) is 0 Å². The van der Waals surface area contributed by atoms with Gasteiger partial charge < -0.3 is 15.7 Å². The van der Waals surface area contributed by atoms with Crippen LogP contribution in [0.1, 0.15) is 36.2 Å². The van der Waals surface area contributed by atoms with Crippen molar-refractivity contribution in [3.05, 3.63) is 29.3 Å². The van der Waals surface area contributed by atoms with Gasteiger partial charge in [-0.2, -0.15) is 0 Å². The van der Waals surface area contributed by atoms with Gasteiger partial charge in [-0.25, -0.2) is 9.59 Å². The summed E-state index contributed by atoms with van der Waals surface area (Å²) >= 11 is 0. The molecule has 1 atom stereocenters. The zero-order valence-electron chi connectivity index (χ0n) is 11.5. The Labute approximate surface area is 113 Å². The highest BCUT2D eigenvalue weighted by molar-refractivity contribution is 5.95. The smallest absolute Gasteiger partial charge is 0.336 e. The first-order chi connectivity index (χ1) is 8.95. The molecule has 1 aromatic rings. The summed E-state index contributed by atoms with van der Waals surface area (Å²) in [6, 6.07) is 4.50. The third-order valence-corrected chi connectivity index (χ3v) is 3.12. The topological polar surface area (TPSA) is 78.4 Å². The van der Waals surface area contributed by atoms with Crippen LogP contribution in [-0.4, -0.2) is 23.7 Å². The largest absolute Gasteiger partial charge is 0.478 e. The van der Waals surface area contributed by atoms with Gasteiger partial charge >= 0.3 is 12.0 Å². The van der Waals surface area contributed by atoms with Crippen LogP contribution in [0.3, 0.4) is 0 Å². The summed E-state index contributed by atoms with van der Waals surface area (Å²) in [4.78, 5) is 22.7. The van der Waals surface area contributed by atoms with Crippen molar-refractivity contribution < 1.29 is 14.7 Å². The minimum atomic E-state index is -0.999. The lowest BCUT2D eigenvalue weighted by molar-refractivity contribution is 0.0696. The Kier molecular flexibility index (Phi) is 5.36. The summed E-state index contributed by atoms with van der Waals surface area (Å²) in [5.74, 6) is -0.585. The molecule has 0 fully saturated rings. The molecular formula is C14H20N2O3. The molecular weight excluding hydrogens is 244 g/mol. The van der Waals surface area contributed by atoms with Crippen molar-refractivity contribution in [1.82, 2.24) is 5.32 Å². The molecule has 0 spiro atoms. The molecule has 0 saturated carbocycles. The fraction of sp³-hybridized carbons (Fsp3) is 0.429. The van der Waals surface area contributed by atoms with Gasteiger partial charge in [0.1, 0.15) is 0 Å². The van der Waals surface area contributed by atoms with Crippen molar-refractivity contribution in [2.45, 2.75) is 27.2 Å². The summed E-state index contributed by atoms with van der Waals surface area (Å²) in [6.45, 7) is 6.38. The second-order valence-corrected chi connectivity index (χ2v) is 4.63. The summed E-state index contributed by atoms with van der Waals surface area (Å²) in [5, 5.41) is 14.4. The molecule has 0 aliphatic carbocycles. The summed E-state index contributed by atoms with van der Waals surface area (Å²) in [6.07, 6.45) is 0.994. The van der Waals surface area contributed by atoms with E-state index >= 15 is 0 Å². The van der Waals surface area contributed by atoms with Crippen LogP contribution in [0.15, 0.2) is 18.2 Å². The van der Waals surface area contributed by atoms with Crippen LogP contribution in [0.25, 0.3) is 0 Å². The van der Waals surface area contributed by atoms with Crippen molar-refractivity contribution in [1.29, 1.82) is 0 Å². The van der Waals surface area contributed by atoms with Gasteiger partial charge in [0.2, 0.25) is 0 Å². The number of rotatable bonds is 5. The lowest BCUT2D eigenvalue weighted by Crippen LogP contribution is -2.32. The maximum Gasteiger partial charge on any atom is 0.336 e. The number of benzene rings is 1. The number of aromatic carboxylic acids is 1. The lowest BCUT2D eigenvalue weighted by atomic mass is 10.1. The van der Waals surface area contributed by atoms with E-state index < -0.39 is 5.97 Å². The number of carboxylic acids is 1. The Morgan fingerprint density at radius 3 is 2.63 bits per heavy atom. The molecule has 1 unspecified atom stereocenters. The Balaban J connectivity index is 2.69. The predicted molar refractivity (Wildman–Crippen MR) is 74.6 cm³/mol. The predicted octanol–water partition coefficient (Wildman–Crippen LogP) is 2.86.